The maximum Gasteiger partial charge on any atom is 0.241 e. The molecular weight excluding hydrogens is 645 g/mol. The van der Waals surface area contributed by atoms with Crippen LogP contribution in [0, 0.1) is 0 Å². The molecule has 0 spiro atoms. The monoisotopic (exact) mass is 694 g/mol. The first-order valence-electron chi connectivity index (χ1n) is 17.5. The van der Waals surface area contributed by atoms with Gasteiger partial charge in [0.1, 0.15) is 0 Å². The predicted molar refractivity (Wildman–Crippen MR) is 207 cm³/mol. The molecule has 1 aromatic heterocycles. The summed E-state index contributed by atoms with van der Waals surface area (Å²) in [4.78, 5) is 16.2. The average molecular weight is 695 g/mol. The first-order chi connectivity index (χ1) is 24.2. The zero-order chi connectivity index (χ0) is 35.3. The lowest BCUT2D eigenvalue weighted by atomic mass is 9.88. The van der Waals surface area contributed by atoms with Gasteiger partial charge in [-0.3, -0.25) is 0 Å². The molecule has 264 valence electrons. The first kappa shape index (κ1) is 36.5. The molecule has 0 saturated heterocycles. The van der Waals surface area contributed by atoms with Gasteiger partial charge in [-0.1, -0.05) is 97.8 Å². The van der Waals surface area contributed by atoms with Crippen molar-refractivity contribution in [2.45, 2.75) is 62.8 Å². The van der Waals surface area contributed by atoms with Crippen molar-refractivity contribution in [2.24, 2.45) is 0 Å². The van der Waals surface area contributed by atoms with E-state index < -0.39 is 10.0 Å². The van der Waals surface area contributed by atoms with Crippen LogP contribution in [0.1, 0.15) is 63.0 Å². The second-order valence-corrected chi connectivity index (χ2v) is 14.7. The number of benzene rings is 4. The number of nitrogens with one attached hydrogen (secondary N) is 4. The van der Waals surface area contributed by atoms with Crippen molar-refractivity contribution in [2.75, 3.05) is 54.6 Å². The molecule has 0 unspecified atom stereocenters. The van der Waals surface area contributed by atoms with Crippen LogP contribution < -0.4 is 25.6 Å². The summed E-state index contributed by atoms with van der Waals surface area (Å²) in [5.74, 6) is 1.83. The third-order valence-electron chi connectivity index (χ3n) is 8.48. The van der Waals surface area contributed by atoms with Gasteiger partial charge in [-0.2, -0.15) is 15.0 Å². The Balaban J connectivity index is 1.09. The second kappa shape index (κ2) is 17.8. The van der Waals surface area contributed by atoms with Crippen LogP contribution in [0.2, 0.25) is 0 Å². The zero-order valence-corrected chi connectivity index (χ0v) is 30.4. The largest absolute Gasteiger partial charge is 0.377 e. The molecule has 5 aromatic rings. The van der Waals surface area contributed by atoms with Crippen molar-refractivity contribution >= 4 is 44.3 Å². The van der Waals surface area contributed by atoms with E-state index in [0.29, 0.717) is 42.4 Å². The van der Waals surface area contributed by atoms with Crippen LogP contribution in [0.4, 0.5) is 23.5 Å². The highest BCUT2D eigenvalue weighted by molar-refractivity contribution is 7.89. The molecule has 0 aliphatic carbocycles. The van der Waals surface area contributed by atoms with Gasteiger partial charge >= 0.3 is 0 Å². The third kappa shape index (κ3) is 10.1. The van der Waals surface area contributed by atoms with E-state index in [1.54, 1.807) is 12.1 Å². The molecular formula is C39H50N8O2S. The zero-order valence-electron chi connectivity index (χ0n) is 29.6. The maximum atomic E-state index is 13.2. The number of hydrogen-bond donors (Lipinski definition) is 4. The lowest BCUT2D eigenvalue weighted by molar-refractivity contribution is 0.573. The normalized spacial score (nSPS) is 11.6. The molecule has 0 amide bonds. The van der Waals surface area contributed by atoms with Crippen LogP contribution in [0.3, 0.4) is 0 Å². The molecule has 11 heteroatoms. The summed E-state index contributed by atoms with van der Waals surface area (Å²) in [6.45, 7) is 5.89. The number of rotatable bonds is 19. The van der Waals surface area contributed by atoms with Gasteiger partial charge in [0.05, 0.1) is 4.90 Å². The Morgan fingerprint density at radius 3 is 1.80 bits per heavy atom. The van der Waals surface area contributed by atoms with Gasteiger partial charge in [-0.15, -0.1) is 0 Å². The summed E-state index contributed by atoms with van der Waals surface area (Å²) < 4.78 is 29.2. The lowest BCUT2D eigenvalue weighted by Crippen LogP contribution is -2.25. The van der Waals surface area contributed by atoms with Crippen LogP contribution in [-0.4, -0.2) is 63.1 Å². The van der Waals surface area contributed by atoms with Crippen molar-refractivity contribution in [3.63, 3.8) is 0 Å². The molecule has 0 aliphatic rings. The van der Waals surface area contributed by atoms with Crippen LogP contribution in [-0.2, 0) is 10.0 Å². The average Bonchev–Trinajstić information content (AvgIpc) is 3.11. The molecule has 50 heavy (non-hydrogen) atoms. The molecule has 0 atom stereocenters. The fraction of sp³-hybridized carbons (Fsp3) is 0.359. The van der Waals surface area contributed by atoms with Gasteiger partial charge in [0, 0.05) is 62.1 Å². The Hall–Kier alpha value is -4.74. The van der Waals surface area contributed by atoms with E-state index in [4.69, 9.17) is 0 Å². The Morgan fingerprint density at radius 1 is 0.620 bits per heavy atom. The summed E-state index contributed by atoms with van der Waals surface area (Å²) >= 11 is 0. The molecule has 0 aliphatic heterocycles. The third-order valence-corrected chi connectivity index (χ3v) is 10.0. The predicted octanol–water partition coefficient (Wildman–Crippen LogP) is 7.50. The van der Waals surface area contributed by atoms with E-state index in [1.165, 1.54) is 11.1 Å². The van der Waals surface area contributed by atoms with Gasteiger partial charge in [0.25, 0.3) is 0 Å². The summed E-state index contributed by atoms with van der Waals surface area (Å²) in [6, 6.07) is 32.5. The number of unbranched alkanes of at least 4 members (excludes halogenated alkanes) is 3. The van der Waals surface area contributed by atoms with Gasteiger partial charge in [0.15, 0.2) is 0 Å². The number of sulfonamides is 1. The highest BCUT2D eigenvalue weighted by Crippen LogP contribution is 2.30. The number of anilines is 4. The highest BCUT2D eigenvalue weighted by atomic mass is 32.2. The topological polar surface area (TPSA) is 124 Å². The lowest BCUT2D eigenvalue weighted by Gasteiger charge is -2.19. The molecule has 5 rings (SSSR count). The minimum absolute atomic E-state index is 0.173. The minimum Gasteiger partial charge on any atom is -0.377 e. The SMILES string of the molecule is CC(C)Nc1nc(NCCCCCCNS(=O)(=O)c2cccc3c(N(C)C)cccc23)nc(NCCC(c2ccccc2)c2ccccc2)n1. The smallest absolute Gasteiger partial charge is 0.241 e. The van der Waals surface area contributed by atoms with Crippen molar-refractivity contribution in [3.05, 3.63) is 108 Å². The van der Waals surface area contributed by atoms with Gasteiger partial charge in [-0.05, 0) is 56.4 Å². The highest BCUT2D eigenvalue weighted by Gasteiger charge is 2.18. The van der Waals surface area contributed by atoms with E-state index in [9.17, 15) is 8.42 Å². The van der Waals surface area contributed by atoms with Crippen molar-refractivity contribution in [1.29, 1.82) is 0 Å². The van der Waals surface area contributed by atoms with E-state index in [0.717, 1.165) is 48.6 Å². The van der Waals surface area contributed by atoms with Gasteiger partial charge in [0.2, 0.25) is 27.9 Å². The van der Waals surface area contributed by atoms with Crippen LogP contribution >= 0.6 is 0 Å². The number of nitrogens with zero attached hydrogens (tertiary/aromatic N) is 4. The van der Waals surface area contributed by atoms with Gasteiger partial charge in [-0.25, -0.2) is 13.1 Å². The number of aromatic nitrogens is 3. The summed E-state index contributed by atoms with van der Waals surface area (Å²) in [7, 11) is 0.281. The number of hydrogen-bond acceptors (Lipinski definition) is 9. The van der Waals surface area contributed by atoms with Crippen LogP contribution in [0.5, 0.6) is 0 Å². The molecule has 0 radical (unpaired) electrons. The molecule has 0 saturated carbocycles. The van der Waals surface area contributed by atoms with E-state index in [1.807, 2.05) is 55.4 Å². The molecule has 10 nitrogen and oxygen atoms in total. The summed E-state index contributed by atoms with van der Waals surface area (Å²) in [6.07, 6.45) is 4.38. The molecule has 0 fully saturated rings. The molecule has 1 heterocycles. The first-order valence-corrected chi connectivity index (χ1v) is 19.0. The summed E-state index contributed by atoms with van der Waals surface area (Å²) in [5, 5.41) is 11.7. The quantitative estimate of drug-likeness (QED) is 0.0651. The maximum absolute atomic E-state index is 13.2. The fourth-order valence-corrected chi connectivity index (χ4v) is 7.35. The minimum atomic E-state index is -3.64. The number of fused-ring (bicyclic) bond motifs is 1. The van der Waals surface area contributed by atoms with E-state index >= 15 is 0 Å². The standard InChI is InChI=1S/C39H50N8O2S/c1-29(2)43-39-45-37(44-38(46-39)41-28-25-32(30-17-9-7-10-18-30)31-19-11-8-12-20-31)40-26-13-5-6-14-27-42-50(48,49)36-24-16-21-33-34(36)22-15-23-35(33)47(3)4/h7-12,15-24,29,32,42H,5-6,13-14,25-28H2,1-4H3,(H3,40,41,43,44,45,46). The van der Waals surface area contributed by atoms with Crippen molar-refractivity contribution in [1.82, 2.24) is 19.7 Å². The van der Waals surface area contributed by atoms with Crippen LogP contribution in [0.25, 0.3) is 10.8 Å². The summed E-state index contributed by atoms with van der Waals surface area (Å²) in [5.41, 5.74) is 3.55. The van der Waals surface area contributed by atoms with Gasteiger partial charge < -0.3 is 20.9 Å². The fourth-order valence-electron chi connectivity index (χ4n) is 6.06. The molecule has 4 N–H and O–H groups in total. The van der Waals surface area contributed by atoms with E-state index in [-0.39, 0.29) is 12.0 Å². The molecule has 0 bridgehead atoms. The Kier molecular flexibility index (Phi) is 13.0. The Bertz CT molecular complexity index is 1860. The molecule has 4 aromatic carbocycles. The Morgan fingerprint density at radius 2 is 1.18 bits per heavy atom. The van der Waals surface area contributed by atoms with E-state index in [2.05, 4.69) is 98.0 Å². The Labute approximate surface area is 297 Å². The second-order valence-electron chi connectivity index (χ2n) is 13.0. The van der Waals surface area contributed by atoms with Crippen molar-refractivity contribution < 1.29 is 8.42 Å². The van der Waals surface area contributed by atoms with Crippen molar-refractivity contribution in [3.8, 4) is 0 Å². The van der Waals surface area contributed by atoms with Crippen LogP contribution in [0.15, 0.2) is 102 Å².